The van der Waals surface area contributed by atoms with Gasteiger partial charge >= 0.3 is 0 Å². The van der Waals surface area contributed by atoms with Crippen LogP contribution in [0.25, 0.3) is 10.9 Å². The minimum atomic E-state index is 0.111. The van der Waals surface area contributed by atoms with E-state index in [2.05, 4.69) is 11.9 Å². The van der Waals surface area contributed by atoms with Crippen molar-refractivity contribution < 1.29 is 5.11 Å². The summed E-state index contributed by atoms with van der Waals surface area (Å²) in [6, 6.07) is 5.62. The number of phenolic OH excluding ortho intramolecular Hbond substituents is 1. The maximum atomic E-state index is 9.64. The van der Waals surface area contributed by atoms with Crippen molar-refractivity contribution in [2.24, 2.45) is 11.7 Å². The average molecular weight is 244 g/mol. The van der Waals surface area contributed by atoms with E-state index in [0.29, 0.717) is 11.7 Å². The molecule has 3 rings (SSSR count). The second-order valence-electron chi connectivity index (χ2n) is 5.45. The molecule has 0 fully saturated rings. The van der Waals surface area contributed by atoms with Crippen LogP contribution in [0.5, 0.6) is 5.75 Å². The molecule has 1 heterocycles. The average Bonchev–Trinajstić information content (AvgIpc) is 2.69. The summed E-state index contributed by atoms with van der Waals surface area (Å²) in [5, 5.41) is 10.8. The highest BCUT2D eigenvalue weighted by atomic mass is 16.3. The number of benzene rings is 1. The first kappa shape index (κ1) is 11.6. The summed E-state index contributed by atoms with van der Waals surface area (Å²) in [5.41, 5.74) is 9.85. The first-order chi connectivity index (χ1) is 8.69. The predicted molar refractivity (Wildman–Crippen MR) is 73.6 cm³/mol. The van der Waals surface area contributed by atoms with Gasteiger partial charge in [-0.15, -0.1) is 0 Å². The smallest absolute Gasteiger partial charge is 0.116 e. The van der Waals surface area contributed by atoms with E-state index in [1.807, 2.05) is 12.1 Å². The van der Waals surface area contributed by atoms with Gasteiger partial charge in [-0.25, -0.2) is 0 Å². The molecule has 0 amide bonds. The number of H-pyrrole nitrogens is 1. The third kappa shape index (κ3) is 1.79. The zero-order chi connectivity index (χ0) is 12.7. The van der Waals surface area contributed by atoms with Gasteiger partial charge in [-0.3, -0.25) is 0 Å². The van der Waals surface area contributed by atoms with Crippen molar-refractivity contribution in [2.45, 2.75) is 38.6 Å². The van der Waals surface area contributed by atoms with Crippen LogP contribution in [0, 0.1) is 5.92 Å². The molecule has 4 N–H and O–H groups in total. The number of phenols is 1. The molecule has 3 nitrogen and oxygen atoms in total. The van der Waals surface area contributed by atoms with Gasteiger partial charge in [-0.2, -0.15) is 0 Å². The summed E-state index contributed by atoms with van der Waals surface area (Å²) in [5.74, 6) is 1.01. The van der Waals surface area contributed by atoms with Gasteiger partial charge in [0.05, 0.1) is 0 Å². The molecule has 1 aliphatic carbocycles. The van der Waals surface area contributed by atoms with E-state index in [-0.39, 0.29) is 6.04 Å². The lowest BCUT2D eigenvalue weighted by molar-refractivity contribution is 0.378. The van der Waals surface area contributed by atoms with Crippen molar-refractivity contribution in [3.63, 3.8) is 0 Å². The second kappa shape index (κ2) is 4.32. The van der Waals surface area contributed by atoms with Crippen LogP contribution in [-0.4, -0.2) is 10.1 Å². The quantitative estimate of drug-likeness (QED) is 0.759. The van der Waals surface area contributed by atoms with Gasteiger partial charge in [0.25, 0.3) is 0 Å². The molecule has 0 saturated carbocycles. The highest BCUT2D eigenvalue weighted by Gasteiger charge is 2.27. The standard InChI is InChI=1S/C15H20N2O/c1-2-3-9-6-12-11-8-10(18)4-5-14(11)17-15(12)13(16)7-9/h4-5,8-9,13,17-18H,2-3,6-7,16H2,1H3. The van der Waals surface area contributed by atoms with Gasteiger partial charge in [-0.1, -0.05) is 19.8 Å². The van der Waals surface area contributed by atoms with Gasteiger partial charge in [0, 0.05) is 22.6 Å². The summed E-state index contributed by atoms with van der Waals surface area (Å²) in [6.45, 7) is 2.22. The van der Waals surface area contributed by atoms with E-state index in [4.69, 9.17) is 5.73 Å². The molecular weight excluding hydrogens is 224 g/mol. The van der Waals surface area contributed by atoms with Crippen LogP contribution in [0.4, 0.5) is 0 Å². The Bertz CT molecular complexity index is 573. The van der Waals surface area contributed by atoms with Crippen LogP contribution in [0.3, 0.4) is 0 Å². The number of rotatable bonds is 2. The van der Waals surface area contributed by atoms with Gasteiger partial charge < -0.3 is 15.8 Å². The zero-order valence-electron chi connectivity index (χ0n) is 10.7. The topological polar surface area (TPSA) is 62.0 Å². The molecule has 1 aliphatic rings. The Morgan fingerprint density at radius 2 is 2.28 bits per heavy atom. The van der Waals surface area contributed by atoms with Crippen LogP contribution in [0.15, 0.2) is 18.2 Å². The predicted octanol–water partition coefficient (Wildman–Crippen LogP) is 3.24. The summed E-state index contributed by atoms with van der Waals surface area (Å²) in [4.78, 5) is 3.42. The van der Waals surface area contributed by atoms with Crippen molar-refractivity contribution in [3.8, 4) is 5.75 Å². The van der Waals surface area contributed by atoms with Crippen LogP contribution in [0.1, 0.15) is 43.5 Å². The van der Waals surface area contributed by atoms with E-state index in [1.54, 1.807) is 6.07 Å². The second-order valence-corrected chi connectivity index (χ2v) is 5.45. The highest BCUT2D eigenvalue weighted by Crippen LogP contribution is 2.38. The Balaban J connectivity index is 2.09. The number of hydrogen-bond acceptors (Lipinski definition) is 2. The van der Waals surface area contributed by atoms with Crippen LogP contribution in [-0.2, 0) is 6.42 Å². The maximum absolute atomic E-state index is 9.64. The largest absolute Gasteiger partial charge is 0.508 e. The molecule has 0 radical (unpaired) electrons. The van der Waals surface area contributed by atoms with Crippen LogP contribution in [0.2, 0.25) is 0 Å². The van der Waals surface area contributed by atoms with E-state index < -0.39 is 0 Å². The van der Waals surface area contributed by atoms with Crippen molar-refractivity contribution in [2.75, 3.05) is 0 Å². The van der Waals surface area contributed by atoms with E-state index in [0.717, 1.165) is 23.7 Å². The number of aromatic amines is 1. The van der Waals surface area contributed by atoms with E-state index in [9.17, 15) is 5.11 Å². The molecule has 1 aromatic heterocycles. The number of fused-ring (bicyclic) bond motifs is 3. The summed E-state index contributed by atoms with van der Waals surface area (Å²) in [7, 11) is 0. The zero-order valence-corrected chi connectivity index (χ0v) is 10.7. The molecule has 0 spiro atoms. The Hall–Kier alpha value is -1.48. The fourth-order valence-electron chi connectivity index (χ4n) is 3.27. The van der Waals surface area contributed by atoms with Crippen molar-refractivity contribution in [1.82, 2.24) is 4.98 Å². The molecule has 1 aromatic carbocycles. The molecule has 2 atom stereocenters. The van der Waals surface area contributed by atoms with E-state index in [1.165, 1.54) is 24.1 Å². The molecular formula is C15H20N2O. The Morgan fingerprint density at radius 1 is 1.44 bits per heavy atom. The summed E-state index contributed by atoms with van der Waals surface area (Å²) >= 11 is 0. The normalized spacial score (nSPS) is 23.2. The van der Waals surface area contributed by atoms with Gasteiger partial charge in [-0.05, 0) is 42.5 Å². The number of aromatic hydroxyl groups is 1. The van der Waals surface area contributed by atoms with Crippen molar-refractivity contribution in [3.05, 3.63) is 29.5 Å². The Morgan fingerprint density at radius 3 is 3.06 bits per heavy atom. The Labute approximate surface area is 107 Å². The summed E-state index contributed by atoms with van der Waals surface area (Å²) in [6.07, 6.45) is 4.60. The lowest BCUT2D eigenvalue weighted by Crippen LogP contribution is -2.23. The minimum Gasteiger partial charge on any atom is -0.508 e. The first-order valence-corrected chi connectivity index (χ1v) is 6.78. The molecule has 0 bridgehead atoms. The Kier molecular flexibility index (Phi) is 2.78. The third-order valence-electron chi connectivity index (χ3n) is 4.07. The molecule has 0 aliphatic heterocycles. The fraction of sp³-hybridized carbons (Fsp3) is 0.467. The van der Waals surface area contributed by atoms with Gasteiger partial charge in [0.1, 0.15) is 5.75 Å². The fourth-order valence-corrected chi connectivity index (χ4v) is 3.27. The molecule has 18 heavy (non-hydrogen) atoms. The number of hydrogen-bond donors (Lipinski definition) is 3. The molecule has 2 unspecified atom stereocenters. The van der Waals surface area contributed by atoms with E-state index >= 15 is 0 Å². The SMILES string of the molecule is CCCC1Cc2c([nH]c3ccc(O)cc23)C(N)C1. The highest BCUT2D eigenvalue weighted by molar-refractivity contribution is 5.86. The molecule has 2 aromatic rings. The first-order valence-electron chi connectivity index (χ1n) is 6.78. The monoisotopic (exact) mass is 244 g/mol. The minimum absolute atomic E-state index is 0.111. The van der Waals surface area contributed by atoms with Gasteiger partial charge in [0.15, 0.2) is 0 Å². The van der Waals surface area contributed by atoms with Crippen LogP contribution >= 0.6 is 0 Å². The molecule has 96 valence electrons. The van der Waals surface area contributed by atoms with Crippen molar-refractivity contribution >= 4 is 10.9 Å². The maximum Gasteiger partial charge on any atom is 0.116 e. The summed E-state index contributed by atoms with van der Waals surface area (Å²) < 4.78 is 0. The van der Waals surface area contributed by atoms with Crippen molar-refractivity contribution in [1.29, 1.82) is 0 Å². The lowest BCUT2D eigenvalue weighted by atomic mass is 9.81. The number of nitrogens with one attached hydrogen (secondary N) is 1. The molecule has 3 heteroatoms. The lowest BCUT2D eigenvalue weighted by Gasteiger charge is -2.27. The van der Waals surface area contributed by atoms with Gasteiger partial charge in [0.2, 0.25) is 0 Å². The van der Waals surface area contributed by atoms with Crippen LogP contribution < -0.4 is 5.73 Å². The third-order valence-corrected chi connectivity index (χ3v) is 4.07. The molecule has 0 saturated heterocycles. The number of nitrogens with two attached hydrogens (primary N) is 1. The number of aromatic nitrogens is 1.